The van der Waals surface area contributed by atoms with Gasteiger partial charge in [0, 0.05) is 106 Å². The number of nitrogens with zero attached hydrogens (tertiary/aromatic N) is 18. The predicted octanol–water partition coefficient (Wildman–Crippen LogP) is 15.0. The van der Waals surface area contributed by atoms with Crippen molar-refractivity contribution in [1.82, 2.24) is 88.6 Å². The number of fused-ring (bicyclic) bond motifs is 3. The van der Waals surface area contributed by atoms with Crippen LogP contribution in [0, 0.1) is 36.3 Å². The molecule has 3 atom stereocenters. The number of hydrogen-bond donors (Lipinski definition) is 0. The number of aromatic nitrogens is 18. The maximum Gasteiger partial charge on any atom is 0.282 e. The van der Waals surface area contributed by atoms with E-state index in [-0.39, 0.29) is 80.3 Å². The molecule has 0 N–H and O–H groups in total. The fourth-order valence-corrected chi connectivity index (χ4v) is 15.3. The van der Waals surface area contributed by atoms with Crippen molar-refractivity contribution in [3.8, 4) is 65.9 Å². The Hall–Kier alpha value is -9.66. The van der Waals surface area contributed by atoms with Crippen molar-refractivity contribution in [3.63, 3.8) is 0 Å². The van der Waals surface area contributed by atoms with Gasteiger partial charge in [-0.2, -0.15) is 30.6 Å². The molecule has 100 heavy (non-hydrogen) atoms. The van der Waals surface area contributed by atoms with E-state index in [0.717, 1.165) is 87.4 Å². The summed E-state index contributed by atoms with van der Waals surface area (Å²) < 4.78 is 115. The molecule has 3 aliphatic rings. The van der Waals surface area contributed by atoms with Gasteiger partial charge in [0.05, 0.1) is 35.3 Å². The lowest BCUT2D eigenvalue weighted by Gasteiger charge is -2.21. The van der Waals surface area contributed by atoms with Crippen LogP contribution in [0.25, 0.3) is 65.9 Å². The monoisotopic (exact) mass is 1450 g/mol. The van der Waals surface area contributed by atoms with E-state index in [9.17, 15) is 49.5 Å². The summed E-state index contributed by atoms with van der Waals surface area (Å²) >= 11 is 9.05. The van der Waals surface area contributed by atoms with E-state index >= 15 is 0 Å². The van der Waals surface area contributed by atoms with Gasteiger partial charge in [0.15, 0.2) is 34.8 Å². The predicted molar refractivity (Wildman–Crippen MR) is 356 cm³/mol. The van der Waals surface area contributed by atoms with Crippen LogP contribution in [-0.2, 0) is 60.0 Å². The van der Waals surface area contributed by atoms with Crippen molar-refractivity contribution >= 4 is 63.0 Å². The Morgan fingerprint density at radius 3 is 1.24 bits per heavy atom. The molecule has 0 saturated heterocycles. The van der Waals surface area contributed by atoms with Gasteiger partial charge in [-0.25, -0.2) is 79.1 Å². The number of carbonyl (C=O) groups is 3. The maximum absolute atomic E-state index is 13.3. The molecular formula is C67H59ClF8N18O3S3. The van der Waals surface area contributed by atoms with E-state index in [4.69, 9.17) is 16.6 Å². The standard InChI is InChI=1S/C23H22F2N6OS.C22H18ClF3N6OS.C22H19F3N6OS/c1-13-19(21(24)25)28-23(33-13)16-12-26-30(2)20(16)17(32)10-14-8-9-31-18(11-14)27-22(29-31)15-6-4-3-5-7-15;1-31-18(14(10-27-31)22-29-17(20(25)26)19(23)34-22)15(33)8-11-6-7-32-16(9-11)28-21(30-32)12-2-4-13(24)5-3-12;1-30-19(15(10-26-30)22-27-16(11-33-22)20(24)25)17(32)8-12-6-7-31-18(9-12)28-21(29-31)13-2-4-14(23)5-3-13/h3-7,12,14,21H,8-11H2,1-2H3;2-5,10-11,20H,6-9H2,1H3;2-5,10-12,20H,6-9H2,1H3. The maximum atomic E-state index is 13.3. The molecule has 0 fully saturated rings. The number of aryl methyl sites for hydroxylation is 7. The van der Waals surface area contributed by atoms with Gasteiger partial charge in [-0.3, -0.25) is 28.4 Å². The summed E-state index contributed by atoms with van der Waals surface area (Å²) in [6.45, 7) is 3.56. The molecular weight excluding hydrogens is 1390 g/mol. The summed E-state index contributed by atoms with van der Waals surface area (Å²) in [5.74, 6) is 3.39. The average Bonchev–Trinajstić information content (AvgIpc) is 1.66. The van der Waals surface area contributed by atoms with Crippen LogP contribution >= 0.6 is 45.6 Å². The minimum absolute atomic E-state index is 0.0320. The quantitative estimate of drug-likeness (QED) is 0.0574. The molecule has 9 aromatic heterocycles. The second-order valence-electron chi connectivity index (χ2n) is 24.3. The lowest BCUT2D eigenvalue weighted by molar-refractivity contribution is 0.0935. The van der Waals surface area contributed by atoms with E-state index in [1.807, 2.05) is 44.4 Å². The number of benzene rings is 3. The summed E-state index contributed by atoms with van der Waals surface area (Å²) in [6.07, 6.45) is 1.32. The van der Waals surface area contributed by atoms with Crippen molar-refractivity contribution in [1.29, 1.82) is 0 Å². The molecule has 33 heteroatoms. The molecule has 3 aromatic carbocycles. The van der Waals surface area contributed by atoms with Crippen LogP contribution in [-0.4, -0.2) is 106 Å². The first kappa shape index (κ1) is 68.8. The summed E-state index contributed by atoms with van der Waals surface area (Å²) in [5.41, 5.74) is 3.84. The van der Waals surface area contributed by atoms with E-state index < -0.39 is 25.0 Å². The minimum atomic E-state index is -2.80. The molecule has 516 valence electrons. The van der Waals surface area contributed by atoms with Crippen LogP contribution < -0.4 is 0 Å². The molecule has 21 nitrogen and oxygen atoms in total. The first-order valence-corrected chi connectivity index (χ1v) is 34.5. The molecule has 0 aliphatic carbocycles. The van der Waals surface area contributed by atoms with Crippen LogP contribution in [0.1, 0.15) is 129 Å². The molecule has 3 aliphatic heterocycles. The lowest BCUT2D eigenvalue weighted by atomic mass is 9.91. The zero-order valence-corrected chi connectivity index (χ0v) is 56.9. The van der Waals surface area contributed by atoms with Crippen LogP contribution in [0.2, 0.25) is 4.34 Å². The Kier molecular flexibility index (Phi) is 20.2. The van der Waals surface area contributed by atoms with E-state index in [1.54, 1.807) is 52.3 Å². The van der Waals surface area contributed by atoms with Crippen LogP contribution in [0.4, 0.5) is 35.1 Å². The zero-order chi connectivity index (χ0) is 70.2. The third kappa shape index (κ3) is 14.8. The summed E-state index contributed by atoms with van der Waals surface area (Å²) in [7, 11) is 4.98. The molecule has 0 amide bonds. The van der Waals surface area contributed by atoms with Crippen molar-refractivity contribution in [2.45, 2.75) is 104 Å². The smallest absolute Gasteiger partial charge is 0.282 e. The molecule has 15 rings (SSSR count). The second-order valence-corrected chi connectivity index (χ2v) is 27.9. The molecule has 0 saturated carbocycles. The van der Waals surface area contributed by atoms with Crippen molar-refractivity contribution in [2.24, 2.45) is 38.9 Å². The highest BCUT2D eigenvalue weighted by Gasteiger charge is 2.33. The molecule has 0 radical (unpaired) electrons. The fourth-order valence-electron chi connectivity index (χ4n) is 12.4. The second kappa shape index (κ2) is 29.3. The molecule has 12 heterocycles. The summed E-state index contributed by atoms with van der Waals surface area (Å²) in [6, 6.07) is 21.8. The van der Waals surface area contributed by atoms with Gasteiger partial charge in [0.25, 0.3) is 19.3 Å². The Labute approximate surface area is 581 Å². The molecule has 3 unspecified atom stereocenters. The third-order valence-corrected chi connectivity index (χ3v) is 20.7. The topological polar surface area (TPSA) is 235 Å². The number of Topliss-reactive ketones (excluding diaryl/α,β-unsaturated/α-hetero) is 3. The molecule has 12 aromatic rings. The number of ketones is 3. The first-order valence-electron chi connectivity index (χ1n) is 31.6. The average molecular weight is 1450 g/mol. The zero-order valence-electron chi connectivity index (χ0n) is 53.7. The van der Waals surface area contributed by atoms with E-state index in [0.29, 0.717) is 111 Å². The van der Waals surface area contributed by atoms with Gasteiger partial charge < -0.3 is 0 Å². The van der Waals surface area contributed by atoms with Crippen LogP contribution in [0.5, 0.6) is 0 Å². The lowest BCUT2D eigenvalue weighted by Crippen LogP contribution is -2.23. The fraction of sp³-hybridized carbons (Fsp3) is 0.328. The summed E-state index contributed by atoms with van der Waals surface area (Å²) in [4.78, 5) is 66.0. The van der Waals surface area contributed by atoms with Crippen molar-refractivity contribution in [3.05, 3.63) is 175 Å². The number of carbonyl (C=O) groups excluding carboxylic acids is 3. The van der Waals surface area contributed by atoms with Gasteiger partial charge in [-0.15, -0.1) is 34.0 Å². The molecule has 0 spiro atoms. The largest absolute Gasteiger partial charge is 0.292 e. The van der Waals surface area contributed by atoms with Gasteiger partial charge >= 0.3 is 0 Å². The minimum Gasteiger partial charge on any atom is -0.292 e. The van der Waals surface area contributed by atoms with Gasteiger partial charge in [-0.05, 0) is 92.5 Å². The highest BCUT2D eigenvalue weighted by atomic mass is 35.5. The Morgan fingerprint density at radius 2 is 0.870 bits per heavy atom. The van der Waals surface area contributed by atoms with Crippen LogP contribution in [0.15, 0.2) is 103 Å². The van der Waals surface area contributed by atoms with Gasteiger partial charge in [0.1, 0.15) is 82.6 Å². The van der Waals surface area contributed by atoms with Crippen molar-refractivity contribution < 1.29 is 49.5 Å². The van der Waals surface area contributed by atoms with Crippen LogP contribution in [0.3, 0.4) is 0 Å². The van der Waals surface area contributed by atoms with Gasteiger partial charge in [-0.1, -0.05) is 41.9 Å². The Bertz CT molecular complexity index is 4960. The number of halogens is 9. The number of alkyl halides is 6. The first-order chi connectivity index (χ1) is 48.1. The third-order valence-electron chi connectivity index (χ3n) is 17.5. The van der Waals surface area contributed by atoms with E-state index in [2.05, 4.69) is 55.5 Å². The Morgan fingerprint density at radius 1 is 0.490 bits per heavy atom. The highest BCUT2D eigenvalue weighted by Crippen LogP contribution is 2.40. The Balaban J connectivity index is 0.000000134. The number of rotatable bonds is 18. The molecule has 0 bridgehead atoms. The number of hydrogen-bond acceptors (Lipinski definition) is 18. The SMILES string of the molecule is Cc1sc(-c2cnn(C)c2C(=O)CC2CCn3nc(-c4ccccc4)nc3C2)nc1C(F)F.Cn1ncc(-c2nc(C(F)F)c(Cl)s2)c1C(=O)CC1CCn2nc(-c3ccc(F)cc3)nc2C1.Cn1ncc(-c2nc(C(F)F)cs2)c1C(=O)CC1CCn2nc(-c3ccc(F)cc3)nc2C1. The summed E-state index contributed by atoms with van der Waals surface area (Å²) in [5, 5.41) is 28.5. The van der Waals surface area contributed by atoms with E-state index in [1.165, 1.54) is 62.3 Å². The van der Waals surface area contributed by atoms with Gasteiger partial charge in [0.2, 0.25) is 0 Å². The normalized spacial score (nSPS) is 15.7. The highest BCUT2D eigenvalue weighted by molar-refractivity contribution is 7.19. The number of thiazole rings is 3. The van der Waals surface area contributed by atoms with Crippen molar-refractivity contribution in [2.75, 3.05) is 0 Å².